The molecule has 0 aliphatic heterocycles. The van der Waals surface area contributed by atoms with Crippen molar-refractivity contribution in [2.45, 2.75) is 26.7 Å². The molecule has 2 aromatic carbocycles. The fourth-order valence-electron chi connectivity index (χ4n) is 2.66. The highest BCUT2D eigenvalue weighted by Gasteiger charge is 2.05. The van der Waals surface area contributed by atoms with Gasteiger partial charge in [-0.3, -0.25) is 4.98 Å². The first kappa shape index (κ1) is 14.5. The Morgan fingerprint density at radius 3 is 2.32 bits per heavy atom. The van der Waals surface area contributed by atoms with E-state index in [1.165, 1.54) is 27.8 Å². The van der Waals surface area contributed by atoms with Gasteiger partial charge in [0.25, 0.3) is 0 Å². The van der Waals surface area contributed by atoms with E-state index in [-0.39, 0.29) is 0 Å². The van der Waals surface area contributed by atoms with Gasteiger partial charge in [0.2, 0.25) is 0 Å². The van der Waals surface area contributed by atoms with Crippen LogP contribution in [-0.2, 0) is 0 Å². The van der Waals surface area contributed by atoms with E-state index in [4.69, 9.17) is 0 Å². The van der Waals surface area contributed by atoms with Gasteiger partial charge in [-0.25, -0.2) is 0 Å². The molecule has 1 nitrogen and oxygen atoms in total. The van der Waals surface area contributed by atoms with Crippen molar-refractivity contribution in [3.05, 3.63) is 78.0 Å². The molecule has 0 saturated heterocycles. The third-order valence-corrected chi connectivity index (χ3v) is 4.07. The summed E-state index contributed by atoms with van der Waals surface area (Å²) in [6, 6.07) is 21.4. The summed E-state index contributed by atoms with van der Waals surface area (Å²) in [7, 11) is 0. The minimum Gasteiger partial charge on any atom is -0.256 e. The fraction of sp³-hybridized carbons (Fsp3) is 0.190. The first-order valence-corrected chi connectivity index (χ1v) is 7.77. The molecule has 0 radical (unpaired) electrons. The van der Waals surface area contributed by atoms with E-state index in [0.717, 1.165) is 5.69 Å². The molecule has 0 spiro atoms. The third kappa shape index (κ3) is 2.94. The minimum atomic E-state index is 0.541. The topological polar surface area (TPSA) is 12.9 Å². The van der Waals surface area contributed by atoms with Gasteiger partial charge < -0.3 is 0 Å². The summed E-state index contributed by atoms with van der Waals surface area (Å²) < 4.78 is 0. The van der Waals surface area contributed by atoms with Gasteiger partial charge in [0.15, 0.2) is 0 Å². The second kappa shape index (κ2) is 6.15. The number of benzene rings is 2. The van der Waals surface area contributed by atoms with Crippen molar-refractivity contribution < 1.29 is 0 Å². The highest BCUT2D eigenvalue weighted by atomic mass is 14.7. The predicted molar refractivity (Wildman–Crippen MR) is 93.9 cm³/mol. The van der Waals surface area contributed by atoms with Crippen molar-refractivity contribution in [2.75, 3.05) is 0 Å². The number of hydrogen-bond acceptors (Lipinski definition) is 1. The lowest BCUT2D eigenvalue weighted by Crippen LogP contribution is -1.90. The molecule has 1 aromatic heterocycles. The molecule has 0 aliphatic rings. The van der Waals surface area contributed by atoms with Crippen LogP contribution < -0.4 is 0 Å². The van der Waals surface area contributed by atoms with Crippen molar-refractivity contribution in [2.24, 2.45) is 0 Å². The first-order valence-electron chi connectivity index (χ1n) is 7.77. The molecule has 0 N–H and O–H groups in total. The maximum atomic E-state index is 4.66. The number of nitrogens with zero attached hydrogens (tertiary/aromatic N) is 1. The molecule has 0 bridgehead atoms. The highest BCUT2D eigenvalue weighted by molar-refractivity contribution is 5.68. The van der Waals surface area contributed by atoms with Gasteiger partial charge in [-0.15, -0.1) is 0 Å². The number of aryl methyl sites for hydroxylation is 1. The molecule has 1 heterocycles. The maximum Gasteiger partial charge on any atom is 0.0705 e. The molecule has 3 rings (SSSR count). The van der Waals surface area contributed by atoms with Crippen LogP contribution in [0.15, 0.2) is 66.9 Å². The average Bonchev–Trinajstić information content (AvgIpc) is 2.56. The van der Waals surface area contributed by atoms with E-state index in [0.29, 0.717) is 5.92 Å². The van der Waals surface area contributed by atoms with E-state index in [1.807, 2.05) is 6.20 Å². The molecule has 0 amide bonds. The zero-order valence-electron chi connectivity index (χ0n) is 13.4. The van der Waals surface area contributed by atoms with Gasteiger partial charge in [0.1, 0.15) is 0 Å². The molecular weight excluding hydrogens is 266 g/mol. The van der Waals surface area contributed by atoms with Gasteiger partial charge in [-0.2, -0.15) is 0 Å². The zero-order valence-corrected chi connectivity index (χ0v) is 13.4. The molecular formula is C21H21N. The van der Waals surface area contributed by atoms with Crippen LogP contribution in [0.1, 0.15) is 30.9 Å². The highest BCUT2D eigenvalue weighted by Crippen LogP contribution is 2.26. The number of rotatable bonds is 3. The van der Waals surface area contributed by atoms with Crippen LogP contribution in [0.5, 0.6) is 0 Å². The Hall–Kier alpha value is -2.41. The number of hydrogen-bond donors (Lipinski definition) is 0. The second-order valence-corrected chi connectivity index (χ2v) is 6.03. The summed E-state index contributed by atoms with van der Waals surface area (Å²) >= 11 is 0. The Morgan fingerprint density at radius 1 is 0.818 bits per heavy atom. The van der Waals surface area contributed by atoms with Gasteiger partial charge in [-0.05, 0) is 35.6 Å². The summed E-state index contributed by atoms with van der Waals surface area (Å²) in [6.07, 6.45) is 1.97. The summed E-state index contributed by atoms with van der Waals surface area (Å²) in [4.78, 5) is 4.66. The van der Waals surface area contributed by atoms with E-state index in [1.54, 1.807) is 0 Å². The van der Waals surface area contributed by atoms with Crippen molar-refractivity contribution in [3.8, 4) is 22.4 Å². The fourth-order valence-corrected chi connectivity index (χ4v) is 2.66. The molecule has 22 heavy (non-hydrogen) atoms. The molecule has 0 aliphatic carbocycles. The van der Waals surface area contributed by atoms with Gasteiger partial charge in [0.05, 0.1) is 5.69 Å². The van der Waals surface area contributed by atoms with Crippen LogP contribution >= 0.6 is 0 Å². The zero-order chi connectivity index (χ0) is 15.5. The van der Waals surface area contributed by atoms with Crippen LogP contribution in [-0.4, -0.2) is 4.98 Å². The summed E-state index contributed by atoms with van der Waals surface area (Å²) in [5, 5.41) is 0. The Bertz CT molecular complexity index is 770. The second-order valence-electron chi connectivity index (χ2n) is 6.03. The van der Waals surface area contributed by atoms with E-state index < -0.39 is 0 Å². The standard InChI is InChI=1S/C21H21N/c1-15(2)17-8-6-9-18(13-17)19-11-12-21(22-14-19)20-10-5-4-7-16(20)3/h4-15H,1-3H3. The van der Waals surface area contributed by atoms with Crippen molar-refractivity contribution in [1.82, 2.24) is 4.98 Å². The Morgan fingerprint density at radius 2 is 1.64 bits per heavy atom. The van der Waals surface area contributed by atoms with E-state index >= 15 is 0 Å². The van der Waals surface area contributed by atoms with Crippen LogP contribution in [0, 0.1) is 6.92 Å². The van der Waals surface area contributed by atoms with Gasteiger partial charge in [0, 0.05) is 17.3 Å². The predicted octanol–water partition coefficient (Wildman–Crippen LogP) is 5.85. The Kier molecular flexibility index (Phi) is 4.06. The first-order chi connectivity index (χ1) is 10.6. The lowest BCUT2D eigenvalue weighted by molar-refractivity contribution is 0.867. The minimum absolute atomic E-state index is 0.541. The van der Waals surface area contributed by atoms with E-state index in [2.05, 4.69) is 86.4 Å². The monoisotopic (exact) mass is 287 g/mol. The molecule has 1 heteroatoms. The smallest absolute Gasteiger partial charge is 0.0705 e. The molecule has 0 atom stereocenters. The lowest BCUT2D eigenvalue weighted by Gasteiger charge is -2.09. The van der Waals surface area contributed by atoms with Crippen molar-refractivity contribution in [3.63, 3.8) is 0 Å². The van der Waals surface area contributed by atoms with Crippen LogP contribution in [0.2, 0.25) is 0 Å². The lowest BCUT2D eigenvalue weighted by atomic mass is 9.97. The quantitative estimate of drug-likeness (QED) is 0.589. The Balaban J connectivity index is 1.95. The number of aromatic nitrogens is 1. The van der Waals surface area contributed by atoms with E-state index in [9.17, 15) is 0 Å². The molecule has 0 saturated carbocycles. The molecule has 0 unspecified atom stereocenters. The largest absolute Gasteiger partial charge is 0.256 e. The van der Waals surface area contributed by atoms with Crippen LogP contribution in [0.25, 0.3) is 22.4 Å². The molecule has 110 valence electrons. The number of pyridine rings is 1. The summed E-state index contributed by atoms with van der Waals surface area (Å²) in [6.45, 7) is 6.56. The summed E-state index contributed by atoms with van der Waals surface area (Å²) in [5.41, 5.74) is 7.24. The van der Waals surface area contributed by atoms with Crippen molar-refractivity contribution >= 4 is 0 Å². The maximum absolute atomic E-state index is 4.66. The van der Waals surface area contributed by atoms with Crippen molar-refractivity contribution in [1.29, 1.82) is 0 Å². The van der Waals surface area contributed by atoms with Crippen LogP contribution in [0.4, 0.5) is 0 Å². The third-order valence-electron chi connectivity index (χ3n) is 4.07. The molecule has 3 aromatic rings. The summed E-state index contributed by atoms with van der Waals surface area (Å²) in [5.74, 6) is 0.541. The average molecular weight is 287 g/mol. The SMILES string of the molecule is Cc1ccccc1-c1ccc(-c2cccc(C(C)C)c2)cn1. The Labute approximate surface area is 132 Å². The normalized spacial score (nSPS) is 10.9. The van der Waals surface area contributed by atoms with Crippen LogP contribution in [0.3, 0.4) is 0 Å². The van der Waals surface area contributed by atoms with Gasteiger partial charge in [-0.1, -0.05) is 68.4 Å². The van der Waals surface area contributed by atoms with Gasteiger partial charge >= 0.3 is 0 Å². The molecule has 0 fully saturated rings.